The number of carbonyl (C=O) groups excluding carboxylic acids is 3. The van der Waals surface area contributed by atoms with Gasteiger partial charge in [-0.1, -0.05) is 17.7 Å². The van der Waals surface area contributed by atoms with Gasteiger partial charge in [0, 0.05) is 49.4 Å². The van der Waals surface area contributed by atoms with E-state index >= 15 is 0 Å². The van der Waals surface area contributed by atoms with Crippen LogP contribution in [0.5, 0.6) is 17.2 Å². The van der Waals surface area contributed by atoms with Crippen LogP contribution in [-0.2, 0) is 11.3 Å². The van der Waals surface area contributed by atoms with E-state index in [0.717, 1.165) is 11.1 Å². The Morgan fingerprint density at radius 2 is 1.95 bits per heavy atom. The van der Waals surface area contributed by atoms with E-state index < -0.39 is 23.6 Å². The highest BCUT2D eigenvalue weighted by atomic mass is 35.5. The van der Waals surface area contributed by atoms with Crippen LogP contribution in [0.25, 0.3) is 0 Å². The highest BCUT2D eigenvalue weighted by Crippen LogP contribution is 2.28. The number of H-pyrrole nitrogens is 1. The van der Waals surface area contributed by atoms with Crippen LogP contribution in [0.4, 0.5) is 0 Å². The van der Waals surface area contributed by atoms with Crippen LogP contribution in [0.1, 0.15) is 38.3 Å². The molecular weight excluding hydrogens is 552 g/mol. The van der Waals surface area contributed by atoms with Gasteiger partial charge < -0.3 is 34.7 Å². The molecule has 4 heterocycles. The van der Waals surface area contributed by atoms with Gasteiger partial charge in [0.15, 0.2) is 6.61 Å². The number of amides is 3. The fraction of sp³-hybridized carbons (Fsp3) is 0.310. The second kappa shape index (κ2) is 11.9. The van der Waals surface area contributed by atoms with E-state index in [0.29, 0.717) is 35.8 Å². The molecule has 4 bridgehead atoms. The molecule has 3 aliphatic heterocycles. The third-order valence-corrected chi connectivity index (χ3v) is 7.37. The summed E-state index contributed by atoms with van der Waals surface area (Å²) in [6.45, 7) is 2.31. The largest absolute Gasteiger partial charge is 0.496 e. The summed E-state index contributed by atoms with van der Waals surface area (Å²) in [4.78, 5) is 54.9. The van der Waals surface area contributed by atoms with E-state index in [9.17, 15) is 19.2 Å². The Balaban J connectivity index is 1.47. The molecule has 0 unspecified atom stereocenters. The number of fused-ring (bicyclic) bond motifs is 7. The molecule has 214 valence electrons. The molecule has 0 aliphatic carbocycles. The van der Waals surface area contributed by atoms with Crippen molar-refractivity contribution in [3.05, 3.63) is 86.3 Å². The number of hydrogen-bond donors (Lipinski definition) is 3. The first-order valence-electron chi connectivity index (χ1n) is 13.0. The zero-order valence-corrected chi connectivity index (χ0v) is 23.2. The first-order valence-corrected chi connectivity index (χ1v) is 13.4. The molecule has 0 radical (unpaired) electrons. The van der Waals surface area contributed by atoms with E-state index in [4.69, 9.17) is 25.8 Å². The SMILES string of the molecule is COc1cc2ccc1CNC(=O)COc1cc(ccc1C)C(=O)N[C@H]1CN(C(=O)c3c[nH]c(=O)c(Cl)c3)CC[C@H]1O2. The van der Waals surface area contributed by atoms with Crippen molar-refractivity contribution in [3.8, 4) is 17.2 Å². The number of rotatable bonds is 2. The third kappa shape index (κ3) is 6.30. The highest BCUT2D eigenvalue weighted by molar-refractivity contribution is 6.30. The lowest BCUT2D eigenvalue weighted by Gasteiger charge is -2.39. The van der Waals surface area contributed by atoms with Gasteiger partial charge in [-0.05, 0) is 42.8 Å². The molecule has 1 aromatic heterocycles. The number of methoxy groups -OCH3 is 1. The quantitative estimate of drug-likeness (QED) is 0.423. The number of piperidine rings is 1. The molecule has 3 aliphatic rings. The van der Waals surface area contributed by atoms with Gasteiger partial charge in [0.25, 0.3) is 23.3 Å². The third-order valence-electron chi connectivity index (χ3n) is 7.09. The Kier molecular flexibility index (Phi) is 8.16. The zero-order chi connectivity index (χ0) is 29.1. The van der Waals surface area contributed by atoms with Crippen molar-refractivity contribution in [1.29, 1.82) is 0 Å². The summed E-state index contributed by atoms with van der Waals surface area (Å²) >= 11 is 5.95. The molecule has 3 amide bonds. The number of carbonyl (C=O) groups is 3. The lowest BCUT2D eigenvalue weighted by atomic mass is 10.00. The van der Waals surface area contributed by atoms with E-state index in [-0.39, 0.29) is 42.1 Å². The number of nitrogens with zero attached hydrogens (tertiary/aromatic N) is 1. The smallest absolute Gasteiger partial charge is 0.266 e. The van der Waals surface area contributed by atoms with E-state index in [1.807, 2.05) is 6.92 Å². The Labute approximate surface area is 240 Å². The van der Waals surface area contributed by atoms with Gasteiger partial charge in [0.2, 0.25) is 0 Å². The second-order valence-electron chi connectivity index (χ2n) is 9.86. The average Bonchev–Trinajstić information content (AvgIpc) is 2.97. The summed E-state index contributed by atoms with van der Waals surface area (Å²) < 4.78 is 17.6. The van der Waals surface area contributed by atoms with Gasteiger partial charge in [-0.25, -0.2) is 0 Å². The molecule has 1 saturated heterocycles. The van der Waals surface area contributed by atoms with Gasteiger partial charge in [-0.15, -0.1) is 0 Å². The number of aromatic nitrogens is 1. The van der Waals surface area contributed by atoms with Crippen molar-refractivity contribution in [2.75, 3.05) is 26.8 Å². The molecule has 0 saturated carbocycles. The maximum absolute atomic E-state index is 13.4. The first-order chi connectivity index (χ1) is 19.7. The minimum atomic E-state index is -0.589. The maximum Gasteiger partial charge on any atom is 0.266 e. The number of benzene rings is 2. The van der Waals surface area contributed by atoms with Crippen LogP contribution in [-0.4, -0.2) is 66.6 Å². The predicted molar refractivity (Wildman–Crippen MR) is 150 cm³/mol. The standard InChI is InChI=1S/C29H29ClN4O7/c1-16-3-4-17-10-24(16)40-15-26(35)31-12-18-5-6-20(11-25(18)39-2)41-23-7-8-34(14-22(23)33-27(17)36)29(38)19-9-21(30)28(37)32-13-19/h3-6,9-11,13,22-23H,7-8,12,14-15H2,1-2H3,(H,31,35)(H,32,37)(H,33,36)/t22-,23+/m0/s1. The van der Waals surface area contributed by atoms with E-state index in [2.05, 4.69) is 15.6 Å². The number of halogens is 1. The minimum Gasteiger partial charge on any atom is -0.496 e. The molecule has 12 heteroatoms. The Hall–Kier alpha value is -4.51. The molecule has 6 rings (SSSR count). The average molecular weight is 581 g/mol. The number of aryl methyl sites for hydroxylation is 1. The number of aromatic amines is 1. The van der Waals surface area contributed by atoms with Crippen LogP contribution >= 0.6 is 11.6 Å². The topological polar surface area (TPSA) is 139 Å². The van der Waals surface area contributed by atoms with Crippen LogP contribution in [0.3, 0.4) is 0 Å². The van der Waals surface area contributed by atoms with Crippen LogP contribution < -0.4 is 30.4 Å². The van der Waals surface area contributed by atoms with Gasteiger partial charge >= 0.3 is 0 Å². The Morgan fingerprint density at radius 3 is 2.73 bits per heavy atom. The van der Waals surface area contributed by atoms with Gasteiger partial charge in [-0.2, -0.15) is 0 Å². The monoisotopic (exact) mass is 580 g/mol. The van der Waals surface area contributed by atoms with E-state index in [1.165, 1.54) is 19.4 Å². The molecule has 41 heavy (non-hydrogen) atoms. The number of hydrogen-bond acceptors (Lipinski definition) is 7. The first kappa shape index (κ1) is 28.0. The fourth-order valence-corrected chi connectivity index (χ4v) is 4.98. The lowest BCUT2D eigenvalue weighted by Crippen LogP contribution is -2.58. The maximum atomic E-state index is 13.4. The van der Waals surface area contributed by atoms with Crippen molar-refractivity contribution in [3.63, 3.8) is 0 Å². The summed E-state index contributed by atoms with van der Waals surface area (Å²) in [5.41, 5.74) is 1.59. The summed E-state index contributed by atoms with van der Waals surface area (Å²) in [5, 5.41) is 5.75. The number of ether oxygens (including phenoxy) is 3. The Bertz CT molecular complexity index is 1560. The normalized spacial score (nSPS) is 19.1. The van der Waals surface area contributed by atoms with Crippen molar-refractivity contribution in [2.45, 2.75) is 32.0 Å². The molecule has 3 aromatic rings. The zero-order valence-electron chi connectivity index (χ0n) is 22.5. The summed E-state index contributed by atoms with van der Waals surface area (Å²) in [6, 6.07) is 11.0. The highest BCUT2D eigenvalue weighted by Gasteiger charge is 2.35. The van der Waals surface area contributed by atoms with Gasteiger partial charge in [0.1, 0.15) is 28.4 Å². The van der Waals surface area contributed by atoms with Gasteiger partial charge in [-0.3, -0.25) is 19.2 Å². The Morgan fingerprint density at radius 1 is 1.12 bits per heavy atom. The lowest BCUT2D eigenvalue weighted by molar-refractivity contribution is -0.123. The summed E-state index contributed by atoms with van der Waals surface area (Å²) in [7, 11) is 1.53. The van der Waals surface area contributed by atoms with E-state index in [1.54, 1.807) is 41.3 Å². The molecule has 0 spiro atoms. The number of likely N-dealkylation sites (tertiary alicyclic amines) is 1. The van der Waals surface area contributed by atoms with Gasteiger partial charge in [0.05, 0.1) is 18.7 Å². The minimum absolute atomic E-state index is 0.0884. The second-order valence-corrected chi connectivity index (χ2v) is 10.3. The van der Waals surface area contributed by atoms with Crippen molar-refractivity contribution < 1.29 is 28.6 Å². The molecular formula is C29H29ClN4O7. The molecule has 2 atom stereocenters. The summed E-state index contributed by atoms with van der Waals surface area (Å²) in [6.07, 6.45) is 1.26. The molecule has 1 fully saturated rings. The van der Waals surface area contributed by atoms with Crippen LogP contribution in [0, 0.1) is 6.92 Å². The van der Waals surface area contributed by atoms with Crippen LogP contribution in [0.2, 0.25) is 5.02 Å². The number of pyridine rings is 1. The molecule has 11 nitrogen and oxygen atoms in total. The number of nitrogens with one attached hydrogen (secondary N) is 3. The molecule has 2 aromatic carbocycles. The molecule has 3 N–H and O–H groups in total. The van der Waals surface area contributed by atoms with Crippen molar-refractivity contribution >= 4 is 29.3 Å². The summed E-state index contributed by atoms with van der Waals surface area (Å²) in [5.74, 6) is 0.384. The fourth-order valence-electron chi connectivity index (χ4n) is 4.81. The van der Waals surface area contributed by atoms with Crippen molar-refractivity contribution in [2.24, 2.45) is 0 Å². The predicted octanol–water partition coefficient (Wildman–Crippen LogP) is 2.45. The van der Waals surface area contributed by atoms with Crippen molar-refractivity contribution in [1.82, 2.24) is 20.5 Å². The van der Waals surface area contributed by atoms with Crippen LogP contribution in [0.15, 0.2) is 53.5 Å².